The number of hydrogen-bond donors (Lipinski definition) is 0. The molecule has 0 saturated heterocycles. The van der Waals surface area contributed by atoms with E-state index >= 15 is 0 Å². The molecule has 0 N–H and O–H groups in total. The third kappa shape index (κ3) is 2.21. The van der Waals surface area contributed by atoms with E-state index in [2.05, 4.69) is 9.97 Å². The smallest absolute Gasteiger partial charge is 0.241 e. The Morgan fingerprint density at radius 3 is 2.48 bits per heavy atom. The van der Waals surface area contributed by atoms with Gasteiger partial charge in [0.25, 0.3) is 10.0 Å². The van der Waals surface area contributed by atoms with Gasteiger partial charge in [-0.3, -0.25) is 0 Å². The summed E-state index contributed by atoms with van der Waals surface area (Å²) in [6, 6.07) is 8.53. The minimum atomic E-state index is -3.64. The predicted octanol–water partition coefficient (Wildman–Crippen LogP) is 2.54. The highest BCUT2D eigenvalue weighted by molar-refractivity contribution is 7.90. The van der Waals surface area contributed by atoms with Crippen molar-refractivity contribution in [3.8, 4) is 0 Å². The largest absolute Gasteiger partial charge is 0.269 e. The van der Waals surface area contributed by atoms with Crippen LogP contribution in [0.15, 0.2) is 47.8 Å². The normalized spacial score (nSPS) is 11.9. The van der Waals surface area contributed by atoms with Gasteiger partial charge in [0.05, 0.1) is 10.6 Å². The maximum atomic E-state index is 12.7. The van der Waals surface area contributed by atoms with Crippen LogP contribution >= 0.6 is 0 Å². The van der Waals surface area contributed by atoms with E-state index in [4.69, 9.17) is 0 Å². The first-order valence-electron chi connectivity index (χ1n) is 6.67. The van der Waals surface area contributed by atoms with Crippen LogP contribution in [-0.2, 0) is 16.4 Å². The molecule has 3 rings (SSSR count). The number of benzene rings is 1. The molecule has 0 bridgehead atoms. The molecule has 1 aromatic carbocycles. The first kappa shape index (κ1) is 13.8. The van der Waals surface area contributed by atoms with Crippen molar-refractivity contribution in [3.63, 3.8) is 0 Å². The Hall–Kier alpha value is -2.21. The monoisotopic (exact) mass is 301 g/mol. The average molecular weight is 301 g/mol. The van der Waals surface area contributed by atoms with Crippen LogP contribution < -0.4 is 0 Å². The molecule has 0 spiro atoms. The second-order valence-electron chi connectivity index (χ2n) is 4.84. The molecular weight excluding hydrogens is 286 g/mol. The van der Waals surface area contributed by atoms with Crippen LogP contribution in [0.25, 0.3) is 11.0 Å². The molecule has 5 nitrogen and oxygen atoms in total. The first-order valence-corrected chi connectivity index (χ1v) is 8.11. The van der Waals surface area contributed by atoms with Crippen LogP contribution in [0.4, 0.5) is 0 Å². The van der Waals surface area contributed by atoms with Crippen LogP contribution in [0, 0.1) is 6.92 Å². The first-order chi connectivity index (χ1) is 10.0. The summed E-state index contributed by atoms with van der Waals surface area (Å²) in [4.78, 5) is 8.57. The number of aryl methyl sites for hydroxylation is 2. The summed E-state index contributed by atoms with van der Waals surface area (Å²) in [5, 5.41) is 0.774. The fourth-order valence-electron chi connectivity index (χ4n) is 2.28. The molecule has 0 saturated carbocycles. The summed E-state index contributed by atoms with van der Waals surface area (Å²) in [7, 11) is -3.64. The maximum Gasteiger partial charge on any atom is 0.269 e. The molecule has 3 aromatic rings. The lowest BCUT2D eigenvalue weighted by Gasteiger charge is -2.07. The molecule has 2 aromatic heterocycles. The predicted molar refractivity (Wildman–Crippen MR) is 80.7 cm³/mol. The number of rotatable bonds is 3. The van der Waals surface area contributed by atoms with E-state index in [9.17, 15) is 8.42 Å². The van der Waals surface area contributed by atoms with Gasteiger partial charge < -0.3 is 0 Å². The van der Waals surface area contributed by atoms with Gasteiger partial charge in [-0.25, -0.2) is 22.4 Å². The van der Waals surface area contributed by atoms with Gasteiger partial charge >= 0.3 is 0 Å². The van der Waals surface area contributed by atoms with Crippen LogP contribution in [-0.4, -0.2) is 22.4 Å². The van der Waals surface area contributed by atoms with Crippen molar-refractivity contribution in [1.29, 1.82) is 0 Å². The maximum absolute atomic E-state index is 12.7. The zero-order valence-corrected chi connectivity index (χ0v) is 12.6. The van der Waals surface area contributed by atoms with E-state index in [0.717, 1.165) is 23.1 Å². The summed E-state index contributed by atoms with van der Waals surface area (Å²) in [6.07, 6.45) is 3.67. The Morgan fingerprint density at radius 2 is 1.81 bits per heavy atom. The Morgan fingerprint density at radius 1 is 1.10 bits per heavy atom. The van der Waals surface area contributed by atoms with E-state index in [1.165, 1.54) is 16.5 Å². The molecule has 2 heterocycles. The van der Waals surface area contributed by atoms with Gasteiger partial charge in [-0.1, -0.05) is 24.6 Å². The van der Waals surface area contributed by atoms with Gasteiger partial charge in [0.1, 0.15) is 6.33 Å². The summed E-state index contributed by atoms with van der Waals surface area (Å²) in [5.74, 6) is 0. The van der Waals surface area contributed by atoms with Crippen molar-refractivity contribution < 1.29 is 8.42 Å². The lowest BCUT2D eigenvalue weighted by molar-refractivity contribution is 0.588. The summed E-state index contributed by atoms with van der Waals surface area (Å²) < 4.78 is 26.7. The van der Waals surface area contributed by atoms with E-state index in [1.807, 2.05) is 13.8 Å². The number of nitrogens with zero attached hydrogens (tertiary/aromatic N) is 3. The van der Waals surface area contributed by atoms with Gasteiger partial charge in [0.15, 0.2) is 5.65 Å². The van der Waals surface area contributed by atoms with Crippen LogP contribution in [0.3, 0.4) is 0 Å². The molecule has 21 heavy (non-hydrogen) atoms. The molecule has 0 aliphatic rings. The Balaban J connectivity index is 2.22. The SMILES string of the molecule is CCc1ncnc2c1ccn2S(=O)(=O)c1ccc(C)cc1. The van der Waals surface area contributed by atoms with Gasteiger partial charge in [-0.05, 0) is 31.5 Å². The van der Waals surface area contributed by atoms with E-state index in [1.54, 1.807) is 30.3 Å². The van der Waals surface area contributed by atoms with Crippen LogP contribution in [0.5, 0.6) is 0 Å². The molecule has 0 fully saturated rings. The number of aromatic nitrogens is 3. The molecule has 0 aliphatic heterocycles. The van der Waals surface area contributed by atoms with E-state index < -0.39 is 10.0 Å². The Bertz CT molecular complexity index is 896. The van der Waals surface area contributed by atoms with Crippen molar-refractivity contribution in [1.82, 2.24) is 13.9 Å². The third-order valence-electron chi connectivity index (χ3n) is 3.44. The van der Waals surface area contributed by atoms with E-state index in [-0.39, 0.29) is 4.90 Å². The molecule has 6 heteroatoms. The number of fused-ring (bicyclic) bond motifs is 1. The van der Waals surface area contributed by atoms with Gasteiger partial charge in [-0.2, -0.15) is 0 Å². The van der Waals surface area contributed by atoms with Crippen molar-refractivity contribution >= 4 is 21.1 Å². The van der Waals surface area contributed by atoms with Crippen molar-refractivity contribution in [2.24, 2.45) is 0 Å². The van der Waals surface area contributed by atoms with Crippen molar-refractivity contribution in [2.45, 2.75) is 25.2 Å². The molecular formula is C15H15N3O2S. The number of hydrogen-bond acceptors (Lipinski definition) is 4. The lowest BCUT2D eigenvalue weighted by Crippen LogP contribution is -2.12. The zero-order chi connectivity index (χ0) is 15.0. The Kier molecular flexibility index (Phi) is 3.25. The van der Waals surface area contributed by atoms with Crippen LogP contribution in [0.1, 0.15) is 18.2 Å². The molecule has 0 unspecified atom stereocenters. The highest BCUT2D eigenvalue weighted by atomic mass is 32.2. The fraction of sp³-hybridized carbons (Fsp3) is 0.200. The topological polar surface area (TPSA) is 64.8 Å². The van der Waals surface area contributed by atoms with Crippen molar-refractivity contribution in [3.05, 3.63) is 54.1 Å². The molecule has 0 radical (unpaired) electrons. The second-order valence-corrected chi connectivity index (χ2v) is 6.66. The van der Waals surface area contributed by atoms with Crippen LogP contribution in [0.2, 0.25) is 0 Å². The zero-order valence-electron chi connectivity index (χ0n) is 11.8. The molecule has 0 aliphatic carbocycles. The summed E-state index contributed by atoms with van der Waals surface area (Å²) in [5.41, 5.74) is 2.28. The minimum Gasteiger partial charge on any atom is -0.241 e. The standard InChI is InChI=1S/C15H15N3O2S/c1-3-14-13-8-9-18(15(13)17-10-16-14)21(19,20)12-6-4-11(2)5-7-12/h4-10H,3H2,1-2H3. The third-order valence-corrected chi connectivity index (χ3v) is 5.12. The van der Waals surface area contributed by atoms with Gasteiger partial charge in [0.2, 0.25) is 0 Å². The Labute approximate surface area is 123 Å². The lowest BCUT2D eigenvalue weighted by atomic mass is 10.2. The van der Waals surface area contributed by atoms with Crippen molar-refractivity contribution in [2.75, 3.05) is 0 Å². The second kappa shape index (κ2) is 4.96. The quantitative estimate of drug-likeness (QED) is 0.745. The van der Waals surface area contributed by atoms with Gasteiger partial charge in [-0.15, -0.1) is 0 Å². The average Bonchev–Trinajstić information content (AvgIpc) is 2.92. The van der Waals surface area contributed by atoms with E-state index in [0.29, 0.717) is 5.65 Å². The summed E-state index contributed by atoms with van der Waals surface area (Å²) >= 11 is 0. The molecule has 0 amide bonds. The minimum absolute atomic E-state index is 0.252. The fourth-order valence-corrected chi connectivity index (χ4v) is 3.58. The molecule has 0 atom stereocenters. The highest BCUT2D eigenvalue weighted by Crippen LogP contribution is 2.22. The molecule has 108 valence electrons. The highest BCUT2D eigenvalue weighted by Gasteiger charge is 2.20. The van der Waals surface area contributed by atoms with Gasteiger partial charge in [0, 0.05) is 11.6 Å². The summed E-state index contributed by atoms with van der Waals surface area (Å²) in [6.45, 7) is 3.90.